The number of halogens is 4. The fraction of sp³-hybridized carbons (Fsp3) is 1.00. The number of rotatable bonds is 5. The van der Waals surface area contributed by atoms with Gasteiger partial charge >= 0.3 is 15.6 Å². The second kappa shape index (κ2) is 7.18. The average Bonchev–Trinajstić information content (AvgIpc) is 2.36. The zero-order chi connectivity index (χ0) is 19.0. The summed E-state index contributed by atoms with van der Waals surface area (Å²) in [6, 6.07) is 0. The molecule has 0 amide bonds. The van der Waals surface area contributed by atoms with Crippen molar-refractivity contribution in [3.63, 3.8) is 0 Å². The van der Waals surface area contributed by atoms with Gasteiger partial charge in [0, 0.05) is 6.42 Å². The molecule has 3 atom stereocenters. The number of alkyl halides is 4. The largest absolute Gasteiger partial charge is 0.523 e. The predicted molar refractivity (Wildman–Crippen MR) is 82.2 cm³/mol. The second-order valence-corrected chi connectivity index (χ2v) is 13.6. The average molecular weight is 396 g/mol. The van der Waals surface area contributed by atoms with Gasteiger partial charge in [0.2, 0.25) is 0 Å². The van der Waals surface area contributed by atoms with Gasteiger partial charge in [-0.15, -0.1) is 0 Å². The Balaban J connectivity index is 2.88. The van der Waals surface area contributed by atoms with Crippen molar-refractivity contribution in [3.8, 4) is 0 Å². The molecule has 24 heavy (non-hydrogen) atoms. The van der Waals surface area contributed by atoms with Crippen LogP contribution in [0.15, 0.2) is 0 Å². The second-order valence-electron chi connectivity index (χ2n) is 7.25. The summed E-state index contributed by atoms with van der Waals surface area (Å²) >= 11 is 0. The monoisotopic (exact) mass is 396 g/mol. The Morgan fingerprint density at radius 3 is 2.21 bits per heavy atom. The van der Waals surface area contributed by atoms with Crippen molar-refractivity contribution in [2.45, 2.75) is 69.2 Å². The van der Waals surface area contributed by atoms with Crippen LogP contribution in [0.3, 0.4) is 0 Å². The van der Waals surface area contributed by atoms with Crippen LogP contribution in [0.2, 0.25) is 18.1 Å². The molecule has 1 saturated heterocycles. The smallest absolute Gasteiger partial charge is 0.414 e. The van der Waals surface area contributed by atoms with Gasteiger partial charge in [-0.25, -0.2) is 4.39 Å². The first-order chi connectivity index (χ1) is 10.6. The molecule has 0 aromatic heterocycles. The maximum Gasteiger partial charge on any atom is 0.523 e. The molecule has 0 bridgehead atoms. The summed E-state index contributed by atoms with van der Waals surface area (Å²) < 4.78 is 88.9. The SMILES string of the molecule is CC(C)(C)[Si](C)(C)OC[C@H]1OCC[C@H](F)[C@@H]1OS(=O)(=O)C(F)(F)F. The Bertz CT molecular complexity index is 529. The Labute approximate surface area is 140 Å². The van der Waals surface area contributed by atoms with Crippen LogP contribution in [-0.2, 0) is 23.5 Å². The fourth-order valence-corrected chi connectivity index (χ4v) is 3.46. The lowest BCUT2D eigenvalue weighted by Crippen LogP contribution is -2.51. The Morgan fingerprint density at radius 1 is 1.21 bits per heavy atom. The lowest BCUT2D eigenvalue weighted by Gasteiger charge is -2.39. The van der Waals surface area contributed by atoms with E-state index in [9.17, 15) is 26.0 Å². The molecule has 0 unspecified atom stereocenters. The maximum absolute atomic E-state index is 14.0. The van der Waals surface area contributed by atoms with E-state index in [-0.39, 0.29) is 24.7 Å². The highest BCUT2D eigenvalue weighted by molar-refractivity contribution is 7.87. The molecule has 0 aliphatic carbocycles. The van der Waals surface area contributed by atoms with Crippen LogP contribution in [0.1, 0.15) is 27.2 Å². The molecule has 5 nitrogen and oxygen atoms in total. The molecule has 1 heterocycles. The lowest BCUT2D eigenvalue weighted by molar-refractivity contribution is -0.123. The van der Waals surface area contributed by atoms with Crippen LogP contribution in [0.25, 0.3) is 0 Å². The van der Waals surface area contributed by atoms with Crippen molar-refractivity contribution < 1.29 is 39.3 Å². The maximum atomic E-state index is 14.0. The van der Waals surface area contributed by atoms with E-state index in [1.807, 2.05) is 33.9 Å². The third-order valence-electron chi connectivity index (χ3n) is 4.38. The quantitative estimate of drug-likeness (QED) is 0.309. The number of ether oxygens (including phenoxy) is 1. The molecule has 1 aliphatic heterocycles. The van der Waals surface area contributed by atoms with Crippen LogP contribution in [0, 0.1) is 0 Å². The highest BCUT2D eigenvalue weighted by Crippen LogP contribution is 2.37. The lowest BCUT2D eigenvalue weighted by atomic mass is 10.0. The van der Waals surface area contributed by atoms with Gasteiger partial charge in [0.1, 0.15) is 18.4 Å². The normalized spacial score (nSPS) is 27.3. The first-order valence-electron chi connectivity index (χ1n) is 7.48. The zero-order valence-corrected chi connectivity index (χ0v) is 16.1. The van der Waals surface area contributed by atoms with Gasteiger partial charge in [0.25, 0.3) is 0 Å². The van der Waals surface area contributed by atoms with Gasteiger partial charge in [-0.2, -0.15) is 21.6 Å². The summed E-state index contributed by atoms with van der Waals surface area (Å²) in [5, 5.41) is -0.175. The summed E-state index contributed by atoms with van der Waals surface area (Å²) in [5.41, 5.74) is -5.62. The fourth-order valence-electron chi connectivity index (χ4n) is 1.80. The molecule has 0 saturated carbocycles. The topological polar surface area (TPSA) is 61.8 Å². The molecule has 0 N–H and O–H groups in total. The van der Waals surface area contributed by atoms with E-state index in [2.05, 4.69) is 4.18 Å². The molecule has 0 spiro atoms. The summed E-state index contributed by atoms with van der Waals surface area (Å²) in [6.45, 7) is 9.42. The Hall–Kier alpha value is -0.233. The number of hydrogen-bond acceptors (Lipinski definition) is 5. The summed E-state index contributed by atoms with van der Waals surface area (Å²) in [7, 11) is -8.18. The molecular formula is C13H24F4O5SSi. The van der Waals surface area contributed by atoms with Crippen molar-refractivity contribution in [3.05, 3.63) is 0 Å². The zero-order valence-electron chi connectivity index (χ0n) is 14.3. The third-order valence-corrected chi connectivity index (χ3v) is 9.93. The first kappa shape index (κ1) is 21.8. The van der Waals surface area contributed by atoms with E-state index < -0.39 is 42.3 Å². The van der Waals surface area contributed by atoms with Crippen molar-refractivity contribution >= 4 is 18.4 Å². The number of hydrogen-bond donors (Lipinski definition) is 0. The minimum Gasteiger partial charge on any atom is -0.414 e. The van der Waals surface area contributed by atoms with E-state index in [1.165, 1.54) is 0 Å². The van der Waals surface area contributed by atoms with Gasteiger partial charge in [-0.05, 0) is 18.1 Å². The summed E-state index contributed by atoms with van der Waals surface area (Å²) in [4.78, 5) is 0. The molecule has 11 heteroatoms. The standard InChI is InChI=1S/C13H24F4O5SSi/c1-12(2,3)24(4,5)21-8-10-11(9(14)6-7-20-10)22-23(18,19)13(15,16)17/h9-11H,6-8H2,1-5H3/t9-,10+,11-/m0/s1. The van der Waals surface area contributed by atoms with Gasteiger partial charge in [-0.1, -0.05) is 20.8 Å². The molecule has 0 radical (unpaired) electrons. The molecule has 1 aliphatic rings. The van der Waals surface area contributed by atoms with Crippen LogP contribution in [0.4, 0.5) is 17.6 Å². The van der Waals surface area contributed by atoms with E-state index in [0.717, 1.165) is 0 Å². The molecule has 0 aromatic rings. The highest BCUT2D eigenvalue weighted by atomic mass is 32.2. The van der Waals surface area contributed by atoms with Crippen LogP contribution in [0.5, 0.6) is 0 Å². The molecule has 1 rings (SSSR count). The van der Waals surface area contributed by atoms with Gasteiger partial charge < -0.3 is 9.16 Å². The molecule has 144 valence electrons. The van der Waals surface area contributed by atoms with Crippen LogP contribution in [-0.4, -0.2) is 53.8 Å². The van der Waals surface area contributed by atoms with Gasteiger partial charge in [-0.3, -0.25) is 4.18 Å². The Morgan fingerprint density at radius 2 is 1.75 bits per heavy atom. The van der Waals surface area contributed by atoms with Crippen LogP contribution < -0.4 is 0 Å². The van der Waals surface area contributed by atoms with Crippen molar-refractivity contribution in [1.29, 1.82) is 0 Å². The van der Waals surface area contributed by atoms with Gasteiger partial charge in [0.05, 0.1) is 13.2 Å². The minimum atomic E-state index is -5.91. The molecular weight excluding hydrogens is 372 g/mol. The van der Waals surface area contributed by atoms with E-state index in [1.54, 1.807) is 0 Å². The summed E-state index contributed by atoms with van der Waals surface area (Å²) in [6.07, 6.45) is -5.23. The van der Waals surface area contributed by atoms with E-state index in [4.69, 9.17) is 9.16 Å². The van der Waals surface area contributed by atoms with Crippen molar-refractivity contribution in [2.24, 2.45) is 0 Å². The molecule has 0 aromatic carbocycles. The third kappa shape index (κ3) is 5.13. The van der Waals surface area contributed by atoms with Crippen molar-refractivity contribution in [2.75, 3.05) is 13.2 Å². The first-order valence-corrected chi connectivity index (χ1v) is 11.8. The Kier molecular flexibility index (Phi) is 6.52. The van der Waals surface area contributed by atoms with Crippen molar-refractivity contribution in [1.82, 2.24) is 0 Å². The highest BCUT2D eigenvalue weighted by Gasteiger charge is 2.52. The van der Waals surface area contributed by atoms with Gasteiger partial charge in [0.15, 0.2) is 8.32 Å². The van der Waals surface area contributed by atoms with E-state index in [0.29, 0.717) is 0 Å². The van der Waals surface area contributed by atoms with Crippen LogP contribution >= 0.6 is 0 Å². The summed E-state index contributed by atoms with van der Waals surface area (Å²) in [5.74, 6) is 0. The minimum absolute atomic E-state index is 0.0430. The van der Waals surface area contributed by atoms with E-state index >= 15 is 0 Å². The predicted octanol–water partition coefficient (Wildman–Crippen LogP) is 3.37. The molecule has 1 fully saturated rings.